The lowest BCUT2D eigenvalue weighted by Gasteiger charge is -2.11. The number of aromatic carboxylic acids is 1. The van der Waals surface area contributed by atoms with Crippen molar-refractivity contribution in [3.8, 4) is 0 Å². The number of carboxylic acids is 1. The molecule has 2 amide bonds. The number of nitrogens with one attached hydrogen (secondary N) is 2. The van der Waals surface area contributed by atoms with Gasteiger partial charge in [0.15, 0.2) is 0 Å². The number of nitro benzene ring substituents is 1. The first kappa shape index (κ1) is 21.9. The Bertz CT molecular complexity index is 1220. The van der Waals surface area contributed by atoms with Crippen LogP contribution in [-0.2, 0) is 4.79 Å². The summed E-state index contributed by atoms with van der Waals surface area (Å²) in [7, 11) is 0. The van der Waals surface area contributed by atoms with E-state index in [9.17, 15) is 24.5 Å². The van der Waals surface area contributed by atoms with Crippen molar-refractivity contribution in [1.82, 2.24) is 0 Å². The largest absolute Gasteiger partial charge is 0.478 e. The molecular formula is C23H17N3O6. The van der Waals surface area contributed by atoms with Crippen LogP contribution in [0.15, 0.2) is 78.9 Å². The summed E-state index contributed by atoms with van der Waals surface area (Å²) in [5, 5.41) is 25.0. The molecule has 32 heavy (non-hydrogen) atoms. The van der Waals surface area contributed by atoms with E-state index in [1.807, 2.05) is 0 Å². The van der Waals surface area contributed by atoms with Gasteiger partial charge in [0.1, 0.15) is 0 Å². The molecule has 3 rings (SSSR count). The van der Waals surface area contributed by atoms with Crippen LogP contribution in [0.5, 0.6) is 0 Å². The van der Waals surface area contributed by atoms with Gasteiger partial charge in [-0.1, -0.05) is 18.2 Å². The second-order valence-corrected chi connectivity index (χ2v) is 6.56. The number of carbonyl (C=O) groups is 3. The van der Waals surface area contributed by atoms with Crippen molar-refractivity contribution in [1.29, 1.82) is 0 Å². The van der Waals surface area contributed by atoms with Gasteiger partial charge in [0.05, 0.1) is 21.7 Å². The molecule has 0 aliphatic rings. The zero-order chi connectivity index (χ0) is 23.1. The molecule has 3 N–H and O–H groups in total. The molecule has 3 aromatic carbocycles. The van der Waals surface area contributed by atoms with Crippen LogP contribution in [0.3, 0.4) is 0 Å². The maximum atomic E-state index is 12.7. The predicted molar refractivity (Wildman–Crippen MR) is 119 cm³/mol. The summed E-state index contributed by atoms with van der Waals surface area (Å²) >= 11 is 0. The molecule has 0 atom stereocenters. The van der Waals surface area contributed by atoms with Crippen LogP contribution in [0.2, 0.25) is 0 Å². The highest BCUT2D eigenvalue weighted by atomic mass is 16.6. The molecule has 0 saturated heterocycles. The number of rotatable bonds is 7. The standard InChI is InChI=1S/C23H17N3O6/c27-21(13-10-15-8-11-18(12-9-15)26(31)32)25-20-7-2-1-6-19(20)22(28)24-17-5-3-4-16(14-17)23(29)30/h1-14H,(H,24,28)(H,25,27)(H,29,30)/b13-10+. The molecule has 9 nitrogen and oxygen atoms in total. The maximum Gasteiger partial charge on any atom is 0.335 e. The number of non-ortho nitro benzene ring substituents is 1. The number of anilines is 2. The van der Waals surface area contributed by atoms with Crippen molar-refractivity contribution in [2.24, 2.45) is 0 Å². The molecule has 0 radical (unpaired) electrons. The molecule has 160 valence electrons. The maximum absolute atomic E-state index is 12.7. The Morgan fingerprint density at radius 1 is 0.906 bits per heavy atom. The number of carboxylic acid groups (broad SMARTS) is 1. The second-order valence-electron chi connectivity index (χ2n) is 6.56. The molecule has 0 bridgehead atoms. The molecule has 0 fully saturated rings. The molecule has 3 aromatic rings. The fourth-order valence-electron chi connectivity index (χ4n) is 2.77. The normalized spacial score (nSPS) is 10.5. The first-order valence-electron chi connectivity index (χ1n) is 9.31. The van der Waals surface area contributed by atoms with Crippen LogP contribution in [0.1, 0.15) is 26.3 Å². The van der Waals surface area contributed by atoms with Gasteiger partial charge in [0.25, 0.3) is 11.6 Å². The minimum atomic E-state index is -1.12. The first-order chi connectivity index (χ1) is 15.3. The lowest BCUT2D eigenvalue weighted by Crippen LogP contribution is -2.17. The van der Waals surface area contributed by atoms with Crippen molar-refractivity contribution in [3.63, 3.8) is 0 Å². The number of amides is 2. The van der Waals surface area contributed by atoms with Crippen molar-refractivity contribution < 1.29 is 24.4 Å². The van der Waals surface area contributed by atoms with E-state index in [2.05, 4.69) is 10.6 Å². The van der Waals surface area contributed by atoms with Crippen LogP contribution in [-0.4, -0.2) is 27.8 Å². The van der Waals surface area contributed by atoms with Gasteiger partial charge in [-0.3, -0.25) is 19.7 Å². The van der Waals surface area contributed by atoms with Crippen LogP contribution < -0.4 is 10.6 Å². The molecule has 0 unspecified atom stereocenters. The number of benzene rings is 3. The summed E-state index contributed by atoms with van der Waals surface area (Å²) in [6.45, 7) is 0. The number of nitrogens with zero attached hydrogens (tertiary/aromatic N) is 1. The molecule has 9 heteroatoms. The molecule has 0 aliphatic carbocycles. The van der Waals surface area contributed by atoms with E-state index < -0.39 is 22.7 Å². The third kappa shape index (κ3) is 5.63. The molecular weight excluding hydrogens is 414 g/mol. The molecule has 0 spiro atoms. The van der Waals surface area contributed by atoms with Gasteiger partial charge in [-0.05, 0) is 54.1 Å². The first-order valence-corrected chi connectivity index (χ1v) is 9.31. The highest BCUT2D eigenvalue weighted by Crippen LogP contribution is 2.19. The number of carbonyl (C=O) groups excluding carboxylic acids is 2. The number of hydrogen-bond acceptors (Lipinski definition) is 5. The minimum absolute atomic E-state index is 0.0285. The van der Waals surface area contributed by atoms with Gasteiger partial charge in [-0.2, -0.15) is 0 Å². The fraction of sp³-hybridized carbons (Fsp3) is 0. The Balaban J connectivity index is 1.71. The Morgan fingerprint density at radius 2 is 1.62 bits per heavy atom. The van der Waals surface area contributed by atoms with Crippen LogP contribution in [0.4, 0.5) is 17.1 Å². The Kier molecular flexibility index (Phi) is 6.72. The predicted octanol–water partition coefficient (Wildman–Crippen LogP) is 4.20. The fourth-order valence-corrected chi connectivity index (χ4v) is 2.77. The van der Waals surface area contributed by atoms with E-state index in [0.29, 0.717) is 11.3 Å². The summed E-state index contributed by atoms with van der Waals surface area (Å²) in [5.41, 5.74) is 1.31. The lowest BCUT2D eigenvalue weighted by molar-refractivity contribution is -0.384. The summed E-state index contributed by atoms with van der Waals surface area (Å²) in [6.07, 6.45) is 2.73. The summed E-state index contributed by atoms with van der Waals surface area (Å²) in [5.74, 6) is -2.15. The lowest BCUT2D eigenvalue weighted by atomic mass is 10.1. The van der Waals surface area contributed by atoms with E-state index >= 15 is 0 Å². The molecule has 0 saturated carbocycles. The third-order valence-corrected chi connectivity index (χ3v) is 4.33. The molecule has 0 aromatic heterocycles. The highest BCUT2D eigenvalue weighted by molar-refractivity contribution is 6.12. The average molecular weight is 431 g/mol. The quantitative estimate of drug-likeness (QED) is 0.291. The molecule has 0 aliphatic heterocycles. The van der Waals surface area contributed by atoms with Crippen molar-refractivity contribution in [2.75, 3.05) is 10.6 Å². The zero-order valence-corrected chi connectivity index (χ0v) is 16.5. The van der Waals surface area contributed by atoms with Gasteiger partial charge >= 0.3 is 5.97 Å². The van der Waals surface area contributed by atoms with Crippen LogP contribution >= 0.6 is 0 Å². The number of nitro groups is 1. The SMILES string of the molecule is O=C(/C=C/c1ccc([N+](=O)[O-])cc1)Nc1ccccc1C(=O)Nc1cccc(C(=O)O)c1. The van der Waals surface area contributed by atoms with E-state index in [4.69, 9.17) is 5.11 Å². The van der Waals surface area contributed by atoms with Crippen molar-refractivity contribution in [2.45, 2.75) is 0 Å². The monoisotopic (exact) mass is 431 g/mol. The van der Waals surface area contributed by atoms with E-state index in [1.54, 1.807) is 24.3 Å². The van der Waals surface area contributed by atoms with E-state index in [1.165, 1.54) is 60.7 Å². The van der Waals surface area contributed by atoms with Crippen LogP contribution in [0.25, 0.3) is 6.08 Å². The van der Waals surface area contributed by atoms with E-state index in [0.717, 1.165) is 0 Å². The second kappa shape index (κ2) is 9.81. The summed E-state index contributed by atoms with van der Waals surface area (Å²) < 4.78 is 0. The van der Waals surface area contributed by atoms with Crippen molar-refractivity contribution in [3.05, 3.63) is 106 Å². The van der Waals surface area contributed by atoms with Gasteiger partial charge < -0.3 is 15.7 Å². The van der Waals surface area contributed by atoms with Gasteiger partial charge in [-0.25, -0.2) is 4.79 Å². The highest BCUT2D eigenvalue weighted by Gasteiger charge is 2.13. The third-order valence-electron chi connectivity index (χ3n) is 4.33. The summed E-state index contributed by atoms with van der Waals surface area (Å²) in [4.78, 5) is 46.3. The van der Waals surface area contributed by atoms with Crippen LogP contribution in [0, 0.1) is 10.1 Å². The number of hydrogen-bond donors (Lipinski definition) is 3. The van der Waals surface area contributed by atoms with Gasteiger partial charge in [0, 0.05) is 23.9 Å². The average Bonchev–Trinajstić information content (AvgIpc) is 2.78. The summed E-state index contributed by atoms with van der Waals surface area (Å²) in [6, 6.07) is 17.8. The van der Waals surface area contributed by atoms with Gasteiger partial charge in [-0.15, -0.1) is 0 Å². The topological polar surface area (TPSA) is 139 Å². The Morgan fingerprint density at radius 3 is 2.31 bits per heavy atom. The van der Waals surface area contributed by atoms with E-state index in [-0.39, 0.29) is 22.5 Å². The molecule has 0 heterocycles. The van der Waals surface area contributed by atoms with Crippen molar-refractivity contribution >= 4 is 40.9 Å². The van der Waals surface area contributed by atoms with Gasteiger partial charge in [0.2, 0.25) is 5.91 Å². The Labute approximate surface area is 182 Å². The minimum Gasteiger partial charge on any atom is -0.478 e. The zero-order valence-electron chi connectivity index (χ0n) is 16.5. The smallest absolute Gasteiger partial charge is 0.335 e. The Hall–Kier alpha value is -4.79. The number of para-hydroxylation sites is 1.